The molecule has 0 bridgehead atoms. The van der Waals surface area contributed by atoms with Crippen molar-refractivity contribution in [2.75, 3.05) is 13.7 Å². The molecule has 1 N–H and O–H groups in total. The number of fused-ring (bicyclic) bond motifs is 1. The molecule has 0 fully saturated rings. The number of hydrogen-bond acceptors (Lipinski definition) is 4. The van der Waals surface area contributed by atoms with Gasteiger partial charge < -0.3 is 15.0 Å². The second-order valence-corrected chi connectivity index (χ2v) is 11.5. The first-order valence-corrected chi connectivity index (χ1v) is 14.4. The summed E-state index contributed by atoms with van der Waals surface area (Å²) >= 11 is 13.0. The van der Waals surface area contributed by atoms with Crippen molar-refractivity contribution in [2.24, 2.45) is 0 Å². The van der Waals surface area contributed by atoms with Crippen LogP contribution in [-0.4, -0.2) is 39.5 Å². The number of imidazole rings is 1. The molecule has 5 rings (SSSR count). The molecule has 3 aromatic carbocycles. The molecule has 4 aromatic rings. The fourth-order valence-electron chi connectivity index (χ4n) is 4.75. The first-order chi connectivity index (χ1) is 19.2. The maximum Gasteiger partial charge on any atom is 0.333 e. The summed E-state index contributed by atoms with van der Waals surface area (Å²) in [7, 11) is 1.56. The fraction of sp³-hybridized carbons (Fsp3) is 0.207. The summed E-state index contributed by atoms with van der Waals surface area (Å²) in [6.45, 7) is 2.52. The van der Waals surface area contributed by atoms with Gasteiger partial charge in [-0.05, 0) is 83.0 Å². The highest BCUT2D eigenvalue weighted by atomic mass is 79.9. The maximum absolute atomic E-state index is 13.9. The molecule has 206 valence electrons. The van der Waals surface area contributed by atoms with Crippen LogP contribution in [0.25, 0.3) is 5.69 Å². The minimum Gasteiger partial charge on any atom is -0.497 e. The molecule has 2 amide bonds. The zero-order chi connectivity index (χ0) is 28.6. The van der Waals surface area contributed by atoms with Crippen molar-refractivity contribution < 1.29 is 14.3 Å². The Hall–Kier alpha value is -3.34. The van der Waals surface area contributed by atoms with Crippen molar-refractivity contribution in [3.8, 4) is 11.4 Å². The van der Waals surface area contributed by atoms with E-state index in [4.69, 9.17) is 16.3 Å². The molecular formula is C29H25Br2ClN4O4. The van der Waals surface area contributed by atoms with E-state index in [9.17, 15) is 14.4 Å². The van der Waals surface area contributed by atoms with Crippen LogP contribution in [0.4, 0.5) is 0 Å². The van der Waals surface area contributed by atoms with E-state index in [0.717, 1.165) is 10.0 Å². The third-order valence-electron chi connectivity index (χ3n) is 6.90. The van der Waals surface area contributed by atoms with E-state index in [2.05, 4.69) is 37.2 Å². The maximum atomic E-state index is 13.9. The monoisotopic (exact) mass is 686 g/mol. The normalized spacial score (nSPS) is 13.5. The lowest BCUT2D eigenvalue weighted by Gasteiger charge is -2.28. The Balaban J connectivity index is 1.55. The van der Waals surface area contributed by atoms with Crippen LogP contribution in [0.3, 0.4) is 0 Å². The summed E-state index contributed by atoms with van der Waals surface area (Å²) in [4.78, 5) is 42.6. The Bertz CT molecular complexity index is 1650. The summed E-state index contributed by atoms with van der Waals surface area (Å²) in [5.74, 6) is -0.0291. The lowest BCUT2D eigenvalue weighted by molar-refractivity contribution is 0.0706. The highest BCUT2D eigenvalue weighted by Gasteiger charge is 2.32. The van der Waals surface area contributed by atoms with Crippen molar-refractivity contribution in [1.82, 2.24) is 19.4 Å². The summed E-state index contributed by atoms with van der Waals surface area (Å²) in [5.41, 5.74) is 2.15. The highest BCUT2D eigenvalue weighted by molar-refractivity contribution is 9.10. The Morgan fingerprint density at radius 1 is 1.00 bits per heavy atom. The lowest BCUT2D eigenvalue weighted by Crippen LogP contribution is -2.41. The molecule has 1 atom stereocenters. The summed E-state index contributed by atoms with van der Waals surface area (Å²) in [6.07, 6.45) is 0. The number of aromatic nitrogens is 2. The van der Waals surface area contributed by atoms with Crippen molar-refractivity contribution >= 4 is 55.3 Å². The molecule has 0 spiro atoms. The number of methoxy groups -OCH3 is 1. The standard InChI is InChI=1S/C29H25Br2ClN4O4/c1-17(18-3-6-20(30)7-4-18)33-27(37)26-25-16-34(28(38)19-5-12-23(31)24(32)15-19)13-14-35(25)29(39)36(26)21-8-10-22(40-2)11-9-21/h3-12,15,17H,13-14,16H2,1-2H3,(H,33,37)/t17-/m1/s1. The number of benzene rings is 3. The molecule has 1 aliphatic rings. The summed E-state index contributed by atoms with van der Waals surface area (Å²) < 4.78 is 9.87. The smallest absolute Gasteiger partial charge is 0.333 e. The number of halogens is 3. The Morgan fingerprint density at radius 2 is 1.70 bits per heavy atom. The van der Waals surface area contributed by atoms with E-state index in [1.807, 2.05) is 31.2 Å². The summed E-state index contributed by atoms with van der Waals surface area (Å²) in [5, 5.41) is 3.46. The number of carbonyl (C=O) groups excluding carboxylic acids is 2. The molecule has 0 aliphatic carbocycles. The Morgan fingerprint density at radius 3 is 2.35 bits per heavy atom. The summed E-state index contributed by atoms with van der Waals surface area (Å²) in [6, 6.07) is 19.3. The van der Waals surface area contributed by atoms with E-state index in [1.54, 1.807) is 59.0 Å². The van der Waals surface area contributed by atoms with E-state index < -0.39 is 5.91 Å². The van der Waals surface area contributed by atoms with Gasteiger partial charge >= 0.3 is 5.69 Å². The van der Waals surface area contributed by atoms with Gasteiger partial charge in [-0.3, -0.25) is 18.7 Å². The Kier molecular flexibility index (Phi) is 8.21. The quantitative estimate of drug-likeness (QED) is 0.271. The van der Waals surface area contributed by atoms with Gasteiger partial charge in [0.15, 0.2) is 0 Å². The molecule has 1 aliphatic heterocycles. The molecule has 0 saturated carbocycles. The van der Waals surface area contributed by atoms with E-state index in [0.29, 0.717) is 38.7 Å². The number of carbonyl (C=O) groups is 2. The molecule has 40 heavy (non-hydrogen) atoms. The van der Waals surface area contributed by atoms with Gasteiger partial charge in [-0.1, -0.05) is 39.7 Å². The fourth-order valence-corrected chi connectivity index (χ4v) is 5.44. The number of hydrogen-bond donors (Lipinski definition) is 1. The van der Waals surface area contributed by atoms with E-state index in [1.165, 1.54) is 4.57 Å². The first-order valence-electron chi connectivity index (χ1n) is 12.5. The first kappa shape index (κ1) is 28.2. The number of amides is 2. The minimum atomic E-state index is -0.418. The third-order valence-corrected chi connectivity index (χ3v) is 8.66. The molecule has 8 nitrogen and oxygen atoms in total. The van der Waals surface area contributed by atoms with Crippen LogP contribution < -0.4 is 15.7 Å². The predicted octanol–water partition coefficient (Wildman–Crippen LogP) is 5.97. The van der Waals surface area contributed by atoms with Crippen molar-refractivity contribution in [2.45, 2.75) is 26.1 Å². The predicted molar refractivity (Wildman–Crippen MR) is 160 cm³/mol. The van der Waals surface area contributed by atoms with Gasteiger partial charge in [0, 0.05) is 27.6 Å². The largest absolute Gasteiger partial charge is 0.497 e. The minimum absolute atomic E-state index is 0.0837. The second-order valence-electron chi connectivity index (χ2n) is 9.37. The van der Waals surface area contributed by atoms with Gasteiger partial charge in [0.25, 0.3) is 11.8 Å². The van der Waals surface area contributed by atoms with Crippen molar-refractivity contribution in [3.63, 3.8) is 0 Å². The molecule has 0 unspecified atom stereocenters. The van der Waals surface area contributed by atoms with Gasteiger partial charge in [0.05, 0.1) is 36.1 Å². The van der Waals surface area contributed by atoms with Crippen LogP contribution in [0.2, 0.25) is 5.02 Å². The lowest BCUT2D eigenvalue weighted by atomic mass is 10.1. The van der Waals surface area contributed by atoms with Crippen LogP contribution >= 0.6 is 43.5 Å². The average Bonchev–Trinajstić information content (AvgIpc) is 3.26. The molecule has 1 aromatic heterocycles. The van der Waals surface area contributed by atoms with Gasteiger partial charge in [-0.15, -0.1) is 0 Å². The number of rotatable bonds is 6. The van der Waals surface area contributed by atoms with Crippen LogP contribution in [-0.2, 0) is 13.1 Å². The van der Waals surface area contributed by atoms with Gasteiger partial charge in [-0.2, -0.15) is 0 Å². The average molecular weight is 689 g/mol. The van der Waals surface area contributed by atoms with Crippen molar-refractivity contribution in [3.05, 3.63) is 114 Å². The second kappa shape index (κ2) is 11.6. The molecular weight excluding hydrogens is 664 g/mol. The Labute approximate surface area is 252 Å². The SMILES string of the molecule is COc1ccc(-n2c(C(=O)N[C@H](C)c3ccc(Br)cc3)c3n(c2=O)CCN(C(=O)c2ccc(Br)c(Cl)c2)C3)cc1. The zero-order valence-electron chi connectivity index (χ0n) is 21.7. The number of ether oxygens (including phenoxy) is 1. The molecule has 0 radical (unpaired) electrons. The van der Waals surface area contributed by atoms with Crippen LogP contribution in [0.5, 0.6) is 5.75 Å². The van der Waals surface area contributed by atoms with Crippen LogP contribution in [0.1, 0.15) is 45.1 Å². The molecule has 0 saturated heterocycles. The van der Waals surface area contributed by atoms with Gasteiger partial charge in [0.2, 0.25) is 0 Å². The number of nitrogens with one attached hydrogen (secondary N) is 1. The topological polar surface area (TPSA) is 85.6 Å². The molecule has 11 heteroatoms. The van der Waals surface area contributed by atoms with Crippen LogP contribution in [0.15, 0.2) is 80.5 Å². The van der Waals surface area contributed by atoms with E-state index >= 15 is 0 Å². The van der Waals surface area contributed by atoms with Gasteiger partial charge in [-0.25, -0.2) is 4.79 Å². The van der Waals surface area contributed by atoms with Crippen LogP contribution in [0, 0.1) is 0 Å². The zero-order valence-corrected chi connectivity index (χ0v) is 25.6. The number of nitrogens with zero attached hydrogens (tertiary/aromatic N) is 3. The van der Waals surface area contributed by atoms with Gasteiger partial charge in [0.1, 0.15) is 11.4 Å². The highest BCUT2D eigenvalue weighted by Crippen LogP contribution is 2.27. The van der Waals surface area contributed by atoms with E-state index in [-0.39, 0.29) is 36.4 Å². The molecule has 2 heterocycles. The van der Waals surface area contributed by atoms with Crippen molar-refractivity contribution in [1.29, 1.82) is 0 Å². The third kappa shape index (κ3) is 5.48.